The van der Waals surface area contributed by atoms with Crippen molar-refractivity contribution in [3.63, 3.8) is 0 Å². The standard InChI is InChI=1S/C15H11FN2O4S/c1-10(19)18-14-4-2-3-5-15(14)22-23(20,21)12-6-7-13(16)11(8-12)9-17/h2-8H,1H3,(H,18,19). The molecule has 0 atom stereocenters. The number of para-hydroxylation sites is 2. The van der Waals surface area contributed by atoms with Gasteiger partial charge in [-0.25, -0.2) is 4.39 Å². The van der Waals surface area contributed by atoms with Crippen LogP contribution in [0.25, 0.3) is 0 Å². The second-order valence-corrected chi connectivity index (χ2v) is 6.01. The van der Waals surface area contributed by atoms with E-state index in [0.717, 1.165) is 18.2 Å². The number of nitrogens with one attached hydrogen (secondary N) is 1. The summed E-state index contributed by atoms with van der Waals surface area (Å²) in [6.45, 7) is 1.27. The Kier molecular flexibility index (Phi) is 4.62. The molecule has 0 saturated heterocycles. The molecule has 0 aliphatic rings. The molecule has 0 heterocycles. The smallest absolute Gasteiger partial charge is 0.339 e. The van der Waals surface area contributed by atoms with Crippen molar-refractivity contribution in [2.75, 3.05) is 5.32 Å². The summed E-state index contributed by atoms with van der Waals surface area (Å²) in [7, 11) is -4.29. The molecule has 118 valence electrons. The molecule has 0 bridgehead atoms. The maximum Gasteiger partial charge on any atom is 0.339 e. The Morgan fingerprint density at radius 2 is 1.96 bits per heavy atom. The van der Waals surface area contributed by atoms with Crippen LogP contribution in [0.5, 0.6) is 5.75 Å². The number of amides is 1. The summed E-state index contributed by atoms with van der Waals surface area (Å²) >= 11 is 0. The van der Waals surface area contributed by atoms with Crippen LogP contribution in [0.2, 0.25) is 0 Å². The van der Waals surface area contributed by atoms with Crippen LogP contribution in [0.15, 0.2) is 47.4 Å². The number of nitriles is 1. The van der Waals surface area contributed by atoms with Crippen molar-refractivity contribution in [2.24, 2.45) is 0 Å². The Balaban J connectivity index is 2.40. The highest BCUT2D eigenvalue weighted by Gasteiger charge is 2.20. The van der Waals surface area contributed by atoms with Gasteiger partial charge in [-0.2, -0.15) is 13.7 Å². The predicted molar refractivity (Wildman–Crippen MR) is 79.7 cm³/mol. The number of rotatable bonds is 4. The molecule has 2 rings (SSSR count). The van der Waals surface area contributed by atoms with Crippen LogP contribution < -0.4 is 9.50 Å². The zero-order valence-electron chi connectivity index (χ0n) is 11.9. The summed E-state index contributed by atoms with van der Waals surface area (Å²) in [5.74, 6) is -1.32. The number of hydrogen-bond acceptors (Lipinski definition) is 5. The van der Waals surface area contributed by atoms with E-state index in [9.17, 15) is 17.6 Å². The van der Waals surface area contributed by atoms with E-state index in [-0.39, 0.29) is 16.3 Å². The molecule has 0 aliphatic carbocycles. The monoisotopic (exact) mass is 334 g/mol. The fourth-order valence-corrected chi connectivity index (χ4v) is 2.72. The van der Waals surface area contributed by atoms with Crippen LogP contribution in [0.1, 0.15) is 12.5 Å². The summed E-state index contributed by atoms with van der Waals surface area (Å²) in [6, 6.07) is 10.3. The van der Waals surface area contributed by atoms with Gasteiger partial charge < -0.3 is 9.50 Å². The minimum atomic E-state index is -4.29. The molecule has 0 radical (unpaired) electrons. The number of hydrogen-bond donors (Lipinski definition) is 1. The number of carbonyl (C=O) groups is 1. The van der Waals surface area contributed by atoms with Gasteiger partial charge in [0.05, 0.1) is 11.3 Å². The van der Waals surface area contributed by atoms with Gasteiger partial charge in [0.2, 0.25) is 5.91 Å². The maximum absolute atomic E-state index is 13.3. The molecule has 23 heavy (non-hydrogen) atoms. The molecule has 0 spiro atoms. The van der Waals surface area contributed by atoms with Gasteiger partial charge in [0.1, 0.15) is 16.8 Å². The van der Waals surface area contributed by atoms with E-state index in [4.69, 9.17) is 9.44 Å². The van der Waals surface area contributed by atoms with Crippen molar-refractivity contribution in [3.05, 3.63) is 53.8 Å². The van der Waals surface area contributed by atoms with E-state index >= 15 is 0 Å². The first-order chi connectivity index (χ1) is 10.8. The lowest BCUT2D eigenvalue weighted by molar-refractivity contribution is -0.114. The molecular formula is C15H11FN2O4S. The fraction of sp³-hybridized carbons (Fsp3) is 0.0667. The van der Waals surface area contributed by atoms with Crippen molar-refractivity contribution < 1.29 is 21.8 Å². The van der Waals surface area contributed by atoms with Crippen LogP contribution in [0.3, 0.4) is 0 Å². The first kappa shape index (κ1) is 16.5. The van der Waals surface area contributed by atoms with Crippen molar-refractivity contribution in [1.82, 2.24) is 0 Å². The van der Waals surface area contributed by atoms with Gasteiger partial charge >= 0.3 is 10.1 Å². The number of benzene rings is 2. The molecule has 6 nitrogen and oxygen atoms in total. The third kappa shape index (κ3) is 3.84. The van der Waals surface area contributed by atoms with E-state index in [1.807, 2.05) is 0 Å². The quantitative estimate of drug-likeness (QED) is 0.866. The molecule has 2 aromatic rings. The zero-order chi connectivity index (χ0) is 17.0. The van der Waals surface area contributed by atoms with Crippen molar-refractivity contribution in [3.8, 4) is 11.8 Å². The summed E-state index contributed by atoms with van der Waals surface area (Å²) in [6.07, 6.45) is 0. The van der Waals surface area contributed by atoms with E-state index in [1.54, 1.807) is 12.1 Å². The average Bonchev–Trinajstić information content (AvgIpc) is 2.49. The van der Waals surface area contributed by atoms with Crippen molar-refractivity contribution in [1.29, 1.82) is 5.26 Å². The van der Waals surface area contributed by atoms with E-state index < -0.39 is 27.4 Å². The fourth-order valence-electron chi connectivity index (χ4n) is 1.74. The van der Waals surface area contributed by atoms with Crippen LogP contribution in [-0.2, 0) is 14.9 Å². The Morgan fingerprint density at radius 3 is 2.61 bits per heavy atom. The molecule has 0 saturated carbocycles. The lowest BCUT2D eigenvalue weighted by Crippen LogP contribution is -2.13. The maximum atomic E-state index is 13.3. The van der Waals surface area contributed by atoms with Gasteiger partial charge in [-0.15, -0.1) is 0 Å². The van der Waals surface area contributed by atoms with Gasteiger partial charge in [0.25, 0.3) is 0 Å². The van der Waals surface area contributed by atoms with E-state index in [2.05, 4.69) is 5.32 Å². The summed E-state index contributed by atoms with van der Waals surface area (Å²) < 4.78 is 42.8. The second-order valence-electron chi connectivity index (χ2n) is 4.47. The third-order valence-electron chi connectivity index (χ3n) is 2.74. The molecule has 0 aromatic heterocycles. The van der Waals surface area contributed by atoms with Gasteiger partial charge in [-0.3, -0.25) is 4.79 Å². The Hall–Kier alpha value is -2.92. The number of anilines is 1. The van der Waals surface area contributed by atoms with Crippen LogP contribution in [0.4, 0.5) is 10.1 Å². The van der Waals surface area contributed by atoms with Gasteiger partial charge in [-0.1, -0.05) is 12.1 Å². The van der Waals surface area contributed by atoms with E-state index in [1.165, 1.54) is 25.1 Å². The van der Waals surface area contributed by atoms with Crippen LogP contribution in [-0.4, -0.2) is 14.3 Å². The molecule has 8 heteroatoms. The largest absolute Gasteiger partial charge is 0.377 e. The predicted octanol–water partition coefficient (Wildman–Crippen LogP) is 2.42. The molecule has 0 aliphatic heterocycles. The summed E-state index contributed by atoms with van der Waals surface area (Å²) in [5.41, 5.74) is -0.240. The minimum absolute atomic E-state index is 0.0921. The zero-order valence-corrected chi connectivity index (χ0v) is 12.7. The molecular weight excluding hydrogens is 323 g/mol. The molecule has 0 unspecified atom stereocenters. The van der Waals surface area contributed by atoms with Crippen LogP contribution in [0, 0.1) is 17.1 Å². The Labute approximate surface area is 132 Å². The second kappa shape index (κ2) is 6.46. The molecule has 0 fully saturated rings. The van der Waals surface area contributed by atoms with Crippen molar-refractivity contribution >= 4 is 21.7 Å². The van der Waals surface area contributed by atoms with Gasteiger partial charge in [-0.05, 0) is 30.3 Å². The number of carbonyl (C=O) groups excluding carboxylic acids is 1. The molecule has 1 amide bonds. The lowest BCUT2D eigenvalue weighted by atomic mass is 10.2. The molecule has 1 N–H and O–H groups in total. The number of nitrogens with zero attached hydrogens (tertiary/aromatic N) is 1. The normalized spacial score (nSPS) is 10.7. The summed E-state index contributed by atoms with van der Waals surface area (Å²) in [4.78, 5) is 10.8. The van der Waals surface area contributed by atoms with E-state index in [0.29, 0.717) is 0 Å². The third-order valence-corrected chi connectivity index (χ3v) is 3.97. The highest BCUT2D eigenvalue weighted by molar-refractivity contribution is 7.87. The average molecular weight is 334 g/mol. The highest BCUT2D eigenvalue weighted by atomic mass is 32.2. The Morgan fingerprint density at radius 1 is 1.26 bits per heavy atom. The lowest BCUT2D eigenvalue weighted by Gasteiger charge is -2.11. The van der Waals surface area contributed by atoms with Crippen molar-refractivity contribution in [2.45, 2.75) is 11.8 Å². The first-order valence-corrected chi connectivity index (χ1v) is 7.75. The highest BCUT2D eigenvalue weighted by Crippen LogP contribution is 2.27. The number of halogens is 1. The SMILES string of the molecule is CC(=O)Nc1ccccc1OS(=O)(=O)c1ccc(F)c(C#N)c1. The van der Waals surface area contributed by atoms with Gasteiger partial charge in [0.15, 0.2) is 5.75 Å². The minimum Gasteiger partial charge on any atom is -0.377 e. The summed E-state index contributed by atoms with van der Waals surface area (Å²) in [5, 5.41) is 11.2. The van der Waals surface area contributed by atoms with Gasteiger partial charge in [0, 0.05) is 6.92 Å². The first-order valence-electron chi connectivity index (χ1n) is 6.34. The topological polar surface area (TPSA) is 96.3 Å². The Bertz CT molecular complexity index is 904. The molecule has 2 aromatic carbocycles. The van der Waals surface area contributed by atoms with Crippen LogP contribution >= 0.6 is 0 Å².